The molecule has 0 saturated heterocycles. The predicted octanol–water partition coefficient (Wildman–Crippen LogP) is 0.276. The van der Waals surface area contributed by atoms with Crippen molar-refractivity contribution in [3.05, 3.63) is 23.8 Å². The molecule has 0 aliphatic carbocycles. The van der Waals surface area contributed by atoms with Crippen molar-refractivity contribution in [2.45, 2.75) is 26.8 Å². The van der Waals surface area contributed by atoms with E-state index in [1.165, 1.54) is 17.0 Å². The molecule has 0 bridgehead atoms. The van der Waals surface area contributed by atoms with E-state index in [0.29, 0.717) is 23.6 Å². The Balaban J connectivity index is 2.42. The summed E-state index contributed by atoms with van der Waals surface area (Å²) in [5.41, 5.74) is 1.16. The van der Waals surface area contributed by atoms with Gasteiger partial charge in [0.25, 0.3) is 11.7 Å². The maximum absolute atomic E-state index is 12.5. The third kappa shape index (κ3) is 2.41. The fourth-order valence-corrected chi connectivity index (χ4v) is 1.96. The Labute approximate surface area is 110 Å². The van der Waals surface area contributed by atoms with Crippen LogP contribution in [-0.2, 0) is 0 Å². The van der Waals surface area contributed by atoms with E-state index in [2.05, 4.69) is 15.1 Å². The molecule has 0 fully saturated rings. The van der Waals surface area contributed by atoms with Gasteiger partial charge < -0.3 is 10.0 Å². The van der Waals surface area contributed by atoms with Crippen LogP contribution in [0, 0.1) is 6.92 Å². The maximum atomic E-state index is 12.5. The third-order valence-electron chi connectivity index (χ3n) is 3.00. The normalized spacial score (nSPS) is 11.2. The Morgan fingerprint density at radius 3 is 2.84 bits per heavy atom. The number of carbonyl (C=O) groups excluding carboxylic acids is 1. The second kappa shape index (κ2) is 5.31. The lowest BCUT2D eigenvalue weighted by molar-refractivity contribution is 0.0663. The molecule has 2 heterocycles. The van der Waals surface area contributed by atoms with Gasteiger partial charge in [-0.3, -0.25) is 4.79 Å². The molecule has 102 valence electrons. The van der Waals surface area contributed by atoms with Gasteiger partial charge in [-0.05, 0) is 20.8 Å². The summed E-state index contributed by atoms with van der Waals surface area (Å²) in [7, 11) is 0. The number of aromatic nitrogens is 4. The molecule has 1 amide bonds. The molecule has 7 heteroatoms. The van der Waals surface area contributed by atoms with Crippen LogP contribution in [0.4, 0.5) is 0 Å². The van der Waals surface area contributed by atoms with Gasteiger partial charge in [-0.2, -0.15) is 10.1 Å². The molecule has 2 aromatic rings. The van der Waals surface area contributed by atoms with Crippen LogP contribution >= 0.6 is 0 Å². The number of fused-ring (bicyclic) bond motifs is 1. The lowest BCUT2D eigenvalue weighted by atomic mass is 10.2. The van der Waals surface area contributed by atoms with Crippen molar-refractivity contribution in [2.24, 2.45) is 0 Å². The summed E-state index contributed by atoms with van der Waals surface area (Å²) < 4.78 is 1.53. The lowest BCUT2D eigenvalue weighted by Gasteiger charge is -2.26. The smallest absolute Gasteiger partial charge is 0.257 e. The summed E-state index contributed by atoms with van der Waals surface area (Å²) in [4.78, 5) is 22.2. The highest BCUT2D eigenvalue weighted by molar-refractivity contribution is 5.95. The standard InChI is InChI=1S/C12H17N5O2/c1-8(2)16(4-5-18)11(19)10-6-13-12-14-7-15-17(12)9(10)3/h6-8,18H,4-5H2,1-3H3. The average Bonchev–Trinajstić information content (AvgIpc) is 2.84. The van der Waals surface area contributed by atoms with Gasteiger partial charge in [-0.15, -0.1) is 0 Å². The molecule has 2 rings (SSSR count). The molecule has 0 atom stereocenters. The molecular weight excluding hydrogens is 246 g/mol. The summed E-state index contributed by atoms with van der Waals surface area (Å²) >= 11 is 0. The van der Waals surface area contributed by atoms with Crippen molar-refractivity contribution in [1.29, 1.82) is 0 Å². The first kappa shape index (κ1) is 13.4. The number of amides is 1. The van der Waals surface area contributed by atoms with E-state index in [-0.39, 0.29) is 18.6 Å². The van der Waals surface area contributed by atoms with Crippen LogP contribution in [0.3, 0.4) is 0 Å². The number of nitrogens with zero attached hydrogens (tertiary/aromatic N) is 5. The van der Waals surface area contributed by atoms with Crippen LogP contribution in [0.1, 0.15) is 29.9 Å². The van der Waals surface area contributed by atoms with Gasteiger partial charge >= 0.3 is 0 Å². The number of hydrogen-bond acceptors (Lipinski definition) is 5. The topological polar surface area (TPSA) is 83.6 Å². The molecule has 0 aliphatic rings. The first-order valence-electron chi connectivity index (χ1n) is 6.13. The Morgan fingerprint density at radius 2 is 2.21 bits per heavy atom. The fraction of sp³-hybridized carbons (Fsp3) is 0.500. The van der Waals surface area contributed by atoms with E-state index in [0.717, 1.165) is 0 Å². The molecule has 7 nitrogen and oxygen atoms in total. The Bertz CT molecular complexity index is 593. The average molecular weight is 263 g/mol. The maximum Gasteiger partial charge on any atom is 0.257 e. The summed E-state index contributed by atoms with van der Waals surface area (Å²) in [6.07, 6.45) is 2.91. The molecule has 0 saturated carbocycles. The summed E-state index contributed by atoms with van der Waals surface area (Å²) in [5.74, 6) is 0.304. The molecule has 0 aliphatic heterocycles. The number of carbonyl (C=O) groups is 1. The molecular formula is C12H17N5O2. The van der Waals surface area contributed by atoms with Crippen LogP contribution in [0.25, 0.3) is 5.78 Å². The molecule has 0 spiro atoms. The molecule has 0 aromatic carbocycles. The van der Waals surface area contributed by atoms with Crippen molar-refractivity contribution in [2.75, 3.05) is 13.2 Å². The van der Waals surface area contributed by atoms with E-state index >= 15 is 0 Å². The van der Waals surface area contributed by atoms with E-state index < -0.39 is 0 Å². The molecule has 1 N–H and O–H groups in total. The van der Waals surface area contributed by atoms with Gasteiger partial charge in [0.05, 0.1) is 17.9 Å². The third-order valence-corrected chi connectivity index (χ3v) is 3.00. The Hall–Kier alpha value is -2.02. The molecule has 0 unspecified atom stereocenters. The van der Waals surface area contributed by atoms with Crippen molar-refractivity contribution in [3.8, 4) is 0 Å². The molecule has 19 heavy (non-hydrogen) atoms. The van der Waals surface area contributed by atoms with Crippen LogP contribution in [-0.4, -0.2) is 54.7 Å². The van der Waals surface area contributed by atoms with Crippen molar-refractivity contribution >= 4 is 11.7 Å². The summed E-state index contributed by atoms with van der Waals surface area (Å²) in [5, 5.41) is 13.1. The van der Waals surface area contributed by atoms with Gasteiger partial charge in [0, 0.05) is 18.8 Å². The second-order valence-electron chi connectivity index (χ2n) is 4.55. The fourth-order valence-electron chi connectivity index (χ4n) is 1.96. The van der Waals surface area contributed by atoms with Crippen molar-refractivity contribution < 1.29 is 9.90 Å². The van der Waals surface area contributed by atoms with Crippen LogP contribution in [0.15, 0.2) is 12.5 Å². The van der Waals surface area contributed by atoms with Crippen molar-refractivity contribution in [3.63, 3.8) is 0 Å². The largest absolute Gasteiger partial charge is 0.395 e. The monoisotopic (exact) mass is 263 g/mol. The zero-order valence-corrected chi connectivity index (χ0v) is 11.2. The zero-order chi connectivity index (χ0) is 14.0. The van der Waals surface area contributed by atoms with Crippen LogP contribution in [0.5, 0.6) is 0 Å². The molecule has 0 radical (unpaired) electrons. The highest BCUT2D eigenvalue weighted by atomic mass is 16.3. The second-order valence-corrected chi connectivity index (χ2v) is 4.55. The van der Waals surface area contributed by atoms with E-state index in [1.807, 2.05) is 13.8 Å². The quantitative estimate of drug-likeness (QED) is 0.856. The number of aryl methyl sites for hydroxylation is 1. The van der Waals surface area contributed by atoms with Gasteiger partial charge in [0.2, 0.25) is 0 Å². The van der Waals surface area contributed by atoms with Crippen molar-refractivity contribution in [1.82, 2.24) is 24.5 Å². The Morgan fingerprint density at radius 1 is 1.47 bits per heavy atom. The van der Waals surface area contributed by atoms with E-state index in [4.69, 9.17) is 5.11 Å². The Kier molecular flexibility index (Phi) is 3.75. The number of aliphatic hydroxyl groups excluding tert-OH is 1. The SMILES string of the molecule is Cc1c(C(=O)N(CCO)C(C)C)cnc2ncnn12. The minimum Gasteiger partial charge on any atom is -0.395 e. The summed E-state index contributed by atoms with van der Waals surface area (Å²) in [6, 6.07) is 0.00509. The summed E-state index contributed by atoms with van der Waals surface area (Å²) in [6.45, 7) is 5.84. The minimum absolute atomic E-state index is 0.00509. The predicted molar refractivity (Wildman–Crippen MR) is 68.8 cm³/mol. The van der Waals surface area contributed by atoms with Gasteiger partial charge in [-0.25, -0.2) is 9.50 Å². The van der Waals surface area contributed by atoms with Gasteiger partial charge in [-0.1, -0.05) is 0 Å². The first-order chi connectivity index (χ1) is 9.06. The van der Waals surface area contributed by atoms with Crippen LogP contribution in [0.2, 0.25) is 0 Å². The van der Waals surface area contributed by atoms with E-state index in [1.54, 1.807) is 11.8 Å². The zero-order valence-electron chi connectivity index (χ0n) is 11.2. The highest BCUT2D eigenvalue weighted by Gasteiger charge is 2.21. The lowest BCUT2D eigenvalue weighted by Crippen LogP contribution is -2.39. The van der Waals surface area contributed by atoms with Crippen LogP contribution < -0.4 is 0 Å². The highest BCUT2D eigenvalue weighted by Crippen LogP contribution is 2.12. The minimum atomic E-state index is -0.161. The first-order valence-corrected chi connectivity index (χ1v) is 6.13. The number of aliphatic hydroxyl groups is 1. The number of hydrogen-bond donors (Lipinski definition) is 1. The van der Waals surface area contributed by atoms with Gasteiger partial charge in [0.15, 0.2) is 0 Å². The molecule has 2 aromatic heterocycles. The number of rotatable bonds is 4. The van der Waals surface area contributed by atoms with E-state index in [9.17, 15) is 4.79 Å². The van der Waals surface area contributed by atoms with Gasteiger partial charge in [0.1, 0.15) is 6.33 Å².